The van der Waals surface area contributed by atoms with Gasteiger partial charge >= 0.3 is 5.97 Å². The highest BCUT2D eigenvalue weighted by atomic mass is 16.4. The van der Waals surface area contributed by atoms with E-state index in [2.05, 4.69) is 0 Å². The SMILES string of the molecule is O=C(O)C1CC1C(=O)N1CCCCCC1. The van der Waals surface area contributed by atoms with Gasteiger partial charge in [0.15, 0.2) is 0 Å². The second kappa shape index (κ2) is 4.21. The van der Waals surface area contributed by atoms with Crippen molar-refractivity contribution in [2.45, 2.75) is 32.1 Å². The zero-order valence-electron chi connectivity index (χ0n) is 8.82. The van der Waals surface area contributed by atoms with Crippen LogP contribution < -0.4 is 0 Å². The minimum Gasteiger partial charge on any atom is -0.481 e. The first kappa shape index (κ1) is 10.5. The van der Waals surface area contributed by atoms with Crippen molar-refractivity contribution in [2.75, 3.05) is 13.1 Å². The molecule has 1 amide bonds. The van der Waals surface area contributed by atoms with Gasteiger partial charge in [-0.2, -0.15) is 0 Å². The second-order valence-electron chi connectivity index (χ2n) is 4.53. The monoisotopic (exact) mass is 211 g/mol. The van der Waals surface area contributed by atoms with Crippen LogP contribution in [0.15, 0.2) is 0 Å². The molecule has 0 radical (unpaired) electrons. The van der Waals surface area contributed by atoms with Gasteiger partial charge in [-0.1, -0.05) is 12.8 Å². The quantitative estimate of drug-likeness (QED) is 0.744. The number of nitrogens with zero attached hydrogens (tertiary/aromatic N) is 1. The van der Waals surface area contributed by atoms with E-state index in [1.54, 1.807) is 0 Å². The van der Waals surface area contributed by atoms with E-state index in [1.807, 2.05) is 4.90 Å². The number of carbonyl (C=O) groups excluding carboxylic acids is 1. The molecular weight excluding hydrogens is 194 g/mol. The van der Waals surface area contributed by atoms with Gasteiger partial charge in [-0.25, -0.2) is 0 Å². The number of likely N-dealkylation sites (tertiary alicyclic amines) is 1. The maximum Gasteiger partial charge on any atom is 0.307 e. The number of hydrogen-bond donors (Lipinski definition) is 1. The zero-order valence-corrected chi connectivity index (χ0v) is 8.82. The Bertz CT molecular complexity index is 269. The molecule has 1 saturated heterocycles. The van der Waals surface area contributed by atoms with Crippen molar-refractivity contribution in [2.24, 2.45) is 11.8 Å². The van der Waals surface area contributed by atoms with Crippen molar-refractivity contribution in [3.63, 3.8) is 0 Å². The smallest absolute Gasteiger partial charge is 0.307 e. The number of carboxylic acids is 1. The Morgan fingerprint density at radius 1 is 1.00 bits per heavy atom. The average molecular weight is 211 g/mol. The Hall–Kier alpha value is -1.06. The van der Waals surface area contributed by atoms with Crippen LogP contribution in [0.1, 0.15) is 32.1 Å². The first-order valence-electron chi connectivity index (χ1n) is 5.72. The first-order valence-corrected chi connectivity index (χ1v) is 5.72. The van der Waals surface area contributed by atoms with E-state index in [9.17, 15) is 9.59 Å². The summed E-state index contributed by atoms with van der Waals surface area (Å²) in [4.78, 5) is 24.4. The lowest BCUT2D eigenvalue weighted by atomic mass is 10.2. The number of rotatable bonds is 2. The molecule has 0 spiro atoms. The van der Waals surface area contributed by atoms with Crippen LogP contribution in [0, 0.1) is 11.8 Å². The molecule has 2 aliphatic rings. The predicted octanol–water partition coefficient (Wildman–Crippen LogP) is 1.11. The molecule has 4 heteroatoms. The third-order valence-electron chi connectivity index (χ3n) is 3.34. The summed E-state index contributed by atoms with van der Waals surface area (Å²) < 4.78 is 0. The molecule has 2 unspecified atom stereocenters. The summed E-state index contributed by atoms with van der Waals surface area (Å²) in [5.41, 5.74) is 0. The van der Waals surface area contributed by atoms with E-state index < -0.39 is 11.9 Å². The Morgan fingerprint density at radius 2 is 1.60 bits per heavy atom. The molecule has 0 aromatic carbocycles. The van der Waals surface area contributed by atoms with Crippen LogP contribution in [-0.4, -0.2) is 35.0 Å². The van der Waals surface area contributed by atoms with Gasteiger partial charge in [-0.05, 0) is 19.3 Å². The molecule has 0 aromatic rings. The van der Waals surface area contributed by atoms with Crippen LogP contribution >= 0.6 is 0 Å². The Morgan fingerprint density at radius 3 is 2.07 bits per heavy atom. The molecule has 0 aromatic heterocycles. The van der Waals surface area contributed by atoms with E-state index in [4.69, 9.17) is 5.11 Å². The van der Waals surface area contributed by atoms with Crippen molar-refractivity contribution in [3.8, 4) is 0 Å². The van der Waals surface area contributed by atoms with Crippen LogP contribution in [0.4, 0.5) is 0 Å². The van der Waals surface area contributed by atoms with Crippen molar-refractivity contribution in [3.05, 3.63) is 0 Å². The van der Waals surface area contributed by atoms with Crippen LogP contribution in [-0.2, 0) is 9.59 Å². The van der Waals surface area contributed by atoms with Crippen LogP contribution in [0.25, 0.3) is 0 Å². The maximum atomic E-state index is 11.9. The summed E-state index contributed by atoms with van der Waals surface area (Å²) in [6.07, 6.45) is 5.06. The lowest BCUT2D eigenvalue weighted by molar-refractivity contribution is -0.142. The molecule has 1 N–H and O–H groups in total. The number of carboxylic acid groups (broad SMARTS) is 1. The molecule has 1 aliphatic heterocycles. The summed E-state index contributed by atoms with van der Waals surface area (Å²) in [5, 5.41) is 8.76. The Kier molecular flexibility index (Phi) is 2.93. The van der Waals surface area contributed by atoms with Gasteiger partial charge in [-0.15, -0.1) is 0 Å². The standard InChI is InChI=1S/C11H17NO3/c13-10(8-7-9(8)11(14)15)12-5-3-1-2-4-6-12/h8-9H,1-7H2,(H,14,15). The molecular formula is C11H17NO3. The summed E-state index contributed by atoms with van der Waals surface area (Å²) in [5.74, 6) is -1.37. The molecule has 1 aliphatic carbocycles. The number of amides is 1. The van der Waals surface area contributed by atoms with Crippen LogP contribution in [0.3, 0.4) is 0 Å². The Balaban J connectivity index is 1.88. The fraction of sp³-hybridized carbons (Fsp3) is 0.818. The number of aliphatic carboxylic acids is 1. The fourth-order valence-corrected chi connectivity index (χ4v) is 2.27. The normalized spacial score (nSPS) is 30.8. The van der Waals surface area contributed by atoms with E-state index in [0.717, 1.165) is 25.9 Å². The molecule has 84 valence electrons. The van der Waals surface area contributed by atoms with Crippen molar-refractivity contribution in [1.82, 2.24) is 4.90 Å². The predicted molar refractivity (Wildman–Crippen MR) is 54.3 cm³/mol. The third-order valence-corrected chi connectivity index (χ3v) is 3.34. The summed E-state index contributed by atoms with van der Waals surface area (Å²) >= 11 is 0. The van der Waals surface area contributed by atoms with Crippen LogP contribution in [0.2, 0.25) is 0 Å². The van der Waals surface area contributed by atoms with Gasteiger partial charge in [0.2, 0.25) is 5.91 Å². The average Bonchev–Trinajstić information content (AvgIpc) is 3.02. The zero-order chi connectivity index (χ0) is 10.8. The number of hydrogen-bond acceptors (Lipinski definition) is 2. The maximum absolute atomic E-state index is 11.9. The van der Waals surface area contributed by atoms with Gasteiger partial charge in [0.25, 0.3) is 0 Å². The summed E-state index contributed by atoms with van der Waals surface area (Å²) in [6.45, 7) is 1.64. The highest BCUT2D eigenvalue weighted by Crippen LogP contribution is 2.40. The highest BCUT2D eigenvalue weighted by molar-refractivity contribution is 5.89. The molecule has 2 rings (SSSR count). The Labute approximate surface area is 89.3 Å². The minimum atomic E-state index is -0.817. The van der Waals surface area contributed by atoms with E-state index in [-0.39, 0.29) is 11.8 Å². The number of carbonyl (C=O) groups is 2. The molecule has 15 heavy (non-hydrogen) atoms. The van der Waals surface area contributed by atoms with Crippen molar-refractivity contribution in [1.29, 1.82) is 0 Å². The summed E-state index contributed by atoms with van der Waals surface area (Å²) in [6, 6.07) is 0. The molecule has 0 bridgehead atoms. The minimum absolute atomic E-state index is 0.0734. The first-order chi connectivity index (χ1) is 7.20. The second-order valence-corrected chi connectivity index (χ2v) is 4.53. The lowest BCUT2D eigenvalue weighted by Gasteiger charge is -2.20. The van der Waals surface area contributed by atoms with Gasteiger partial charge in [0, 0.05) is 13.1 Å². The lowest BCUT2D eigenvalue weighted by Crippen LogP contribution is -2.33. The summed E-state index contributed by atoms with van der Waals surface area (Å²) in [7, 11) is 0. The topological polar surface area (TPSA) is 57.6 Å². The molecule has 1 heterocycles. The van der Waals surface area contributed by atoms with Gasteiger partial charge < -0.3 is 10.0 Å². The molecule has 2 fully saturated rings. The van der Waals surface area contributed by atoms with Gasteiger partial charge in [0.05, 0.1) is 11.8 Å². The molecule has 1 saturated carbocycles. The molecule has 2 atom stereocenters. The van der Waals surface area contributed by atoms with E-state index >= 15 is 0 Å². The van der Waals surface area contributed by atoms with Crippen LogP contribution in [0.5, 0.6) is 0 Å². The van der Waals surface area contributed by atoms with Gasteiger partial charge in [-0.3, -0.25) is 9.59 Å². The molecule has 4 nitrogen and oxygen atoms in total. The highest BCUT2D eigenvalue weighted by Gasteiger charge is 2.49. The van der Waals surface area contributed by atoms with Crippen molar-refractivity contribution < 1.29 is 14.7 Å². The fourth-order valence-electron chi connectivity index (χ4n) is 2.27. The van der Waals surface area contributed by atoms with E-state index in [1.165, 1.54) is 12.8 Å². The van der Waals surface area contributed by atoms with E-state index in [0.29, 0.717) is 6.42 Å². The largest absolute Gasteiger partial charge is 0.481 e. The van der Waals surface area contributed by atoms with Crippen molar-refractivity contribution >= 4 is 11.9 Å². The third kappa shape index (κ3) is 2.30. The van der Waals surface area contributed by atoms with Gasteiger partial charge in [0.1, 0.15) is 0 Å².